The van der Waals surface area contributed by atoms with Gasteiger partial charge in [0.25, 0.3) is 5.91 Å². The molecule has 0 spiro atoms. The largest absolute Gasteiger partial charge is 0.490 e. The van der Waals surface area contributed by atoms with E-state index in [1.165, 1.54) is 5.39 Å². The van der Waals surface area contributed by atoms with Crippen molar-refractivity contribution in [3.63, 3.8) is 0 Å². The molecule has 0 atom stereocenters. The fraction of sp³-hybridized carbons (Fsp3) is 0.161. The molecule has 0 aliphatic carbocycles. The van der Waals surface area contributed by atoms with E-state index in [1.54, 1.807) is 24.3 Å². The number of fused-ring (bicyclic) bond motifs is 1. The van der Waals surface area contributed by atoms with Crippen LogP contribution in [0.3, 0.4) is 0 Å². The van der Waals surface area contributed by atoms with Crippen LogP contribution in [0.1, 0.15) is 29.2 Å². The lowest BCUT2D eigenvalue weighted by Gasteiger charge is -2.13. The molecule has 5 heteroatoms. The molecule has 5 nitrogen and oxygen atoms in total. The third-order valence-corrected chi connectivity index (χ3v) is 5.92. The molecule has 4 aromatic carbocycles. The second-order valence-corrected chi connectivity index (χ2v) is 8.53. The van der Waals surface area contributed by atoms with Gasteiger partial charge in [0.15, 0.2) is 11.5 Å². The zero-order chi connectivity index (χ0) is 25.5. The van der Waals surface area contributed by atoms with E-state index in [2.05, 4.69) is 29.6 Å². The van der Waals surface area contributed by atoms with E-state index in [0.29, 0.717) is 36.0 Å². The molecule has 1 N–H and O–H groups in total. The van der Waals surface area contributed by atoms with Crippen molar-refractivity contribution in [2.75, 3.05) is 11.9 Å². The fourth-order valence-electron chi connectivity index (χ4n) is 3.82. The first-order chi connectivity index (χ1) is 17.5. The van der Waals surface area contributed by atoms with Gasteiger partial charge in [-0.05, 0) is 90.2 Å². The van der Waals surface area contributed by atoms with Crippen LogP contribution in [0.5, 0.6) is 11.5 Å². The molecule has 4 rings (SSSR count). The minimum absolute atomic E-state index is 0.000471. The van der Waals surface area contributed by atoms with Crippen LogP contribution in [0.15, 0.2) is 84.4 Å². The van der Waals surface area contributed by atoms with E-state index >= 15 is 0 Å². The van der Waals surface area contributed by atoms with Gasteiger partial charge in [-0.25, -0.2) is 0 Å². The highest BCUT2D eigenvalue weighted by Gasteiger charge is 2.12. The lowest BCUT2D eigenvalue weighted by atomic mass is 10.1. The van der Waals surface area contributed by atoms with Crippen LogP contribution in [0.25, 0.3) is 16.8 Å². The predicted molar refractivity (Wildman–Crippen MR) is 144 cm³/mol. The summed E-state index contributed by atoms with van der Waals surface area (Å²) in [4.78, 5) is 12.7. The molecule has 0 aliphatic heterocycles. The number of anilines is 1. The summed E-state index contributed by atoms with van der Waals surface area (Å²) in [6, 6.07) is 27.5. The molecule has 4 aromatic rings. The van der Waals surface area contributed by atoms with Crippen LogP contribution in [-0.4, -0.2) is 12.5 Å². The first-order valence-electron chi connectivity index (χ1n) is 11.8. The van der Waals surface area contributed by atoms with E-state index < -0.39 is 5.91 Å². The quantitative estimate of drug-likeness (QED) is 0.220. The Balaban J connectivity index is 1.51. The smallest absolute Gasteiger partial charge is 0.266 e. The van der Waals surface area contributed by atoms with Crippen LogP contribution in [0, 0.1) is 25.2 Å². The van der Waals surface area contributed by atoms with Gasteiger partial charge in [-0.1, -0.05) is 48.5 Å². The van der Waals surface area contributed by atoms with E-state index in [1.807, 2.05) is 63.2 Å². The molecule has 0 saturated heterocycles. The van der Waals surface area contributed by atoms with Gasteiger partial charge < -0.3 is 14.8 Å². The summed E-state index contributed by atoms with van der Waals surface area (Å²) in [5.74, 6) is 0.689. The monoisotopic (exact) mass is 476 g/mol. The van der Waals surface area contributed by atoms with Crippen molar-refractivity contribution >= 4 is 28.4 Å². The number of amides is 1. The SMILES string of the molecule is CCOc1cc(/C=C(\C#N)C(=O)Nc2ccc(C)c(C)c2)ccc1OCc1ccc2ccccc2c1. The number of hydrogen-bond acceptors (Lipinski definition) is 4. The maximum absolute atomic E-state index is 12.7. The number of benzene rings is 4. The van der Waals surface area contributed by atoms with Gasteiger partial charge in [0.1, 0.15) is 18.2 Å². The molecular weight excluding hydrogens is 448 g/mol. The summed E-state index contributed by atoms with van der Waals surface area (Å²) in [6.07, 6.45) is 1.55. The van der Waals surface area contributed by atoms with Gasteiger partial charge >= 0.3 is 0 Å². The summed E-state index contributed by atoms with van der Waals surface area (Å²) in [5, 5.41) is 14.8. The van der Waals surface area contributed by atoms with Crippen LogP contribution in [0.4, 0.5) is 5.69 Å². The van der Waals surface area contributed by atoms with Crippen molar-refractivity contribution in [1.82, 2.24) is 0 Å². The Hall–Kier alpha value is -4.56. The van der Waals surface area contributed by atoms with E-state index in [0.717, 1.165) is 22.1 Å². The van der Waals surface area contributed by atoms with Gasteiger partial charge in [0.2, 0.25) is 0 Å². The Morgan fingerprint density at radius 3 is 2.44 bits per heavy atom. The molecule has 1 amide bonds. The number of carbonyl (C=O) groups excluding carboxylic acids is 1. The fourth-order valence-corrected chi connectivity index (χ4v) is 3.82. The van der Waals surface area contributed by atoms with Crippen molar-refractivity contribution in [2.45, 2.75) is 27.4 Å². The molecule has 0 aromatic heterocycles. The Morgan fingerprint density at radius 2 is 1.69 bits per heavy atom. The lowest BCUT2D eigenvalue weighted by molar-refractivity contribution is -0.112. The molecule has 0 radical (unpaired) electrons. The van der Waals surface area contributed by atoms with Crippen molar-refractivity contribution in [2.24, 2.45) is 0 Å². The molecule has 0 fully saturated rings. The molecule has 0 saturated carbocycles. The number of aryl methyl sites for hydroxylation is 2. The van der Waals surface area contributed by atoms with Crippen LogP contribution in [-0.2, 0) is 11.4 Å². The minimum atomic E-state index is -0.463. The zero-order valence-electron chi connectivity index (χ0n) is 20.7. The highest BCUT2D eigenvalue weighted by Crippen LogP contribution is 2.30. The number of ether oxygens (including phenoxy) is 2. The second kappa shape index (κ2) is 11.2. The Morgan fingerprint density at radius 1 is 0.889 bits per heavy atom. The zero-order valence-corrected chi connectivity index (χ0v) is 20.7. The average molecular weight is 477 g/mol. The third-order valence-electron chi connectivity index (χ3n) is 5.92. The number of nitriles is 1. The molecule has 36 heavy (non-hydrogen) atoms. The minimum Gasteiger partial charge on any atom is -0.490 e. The van der Waals surface area contributed by atoms with Crippen molar-refractivity contribution in [1.29, 1.82) is 5.26 Å². The number of rotatable bonds is 8. The normalized spacial score (nSPS) is 11.1. The van der Waals surface area contributed by atoms with Gasteiger partial charge in [-0.15, -0.1) is 0 Å². The number of carbonyl (C=O) groups is 1. The number of nitrogens with one attached hydrogen (secondary N) is 1. The van der Waals surface area contributed by atoms with Gasteiger partial charge in [-0.2, -0.15) is 5.26 Å². The van der Waals surface area contributed by atoms with E-state index in [9.17, 15) is 10.1 Å². The Labute approximate surface area is 211 Å². The van der Waals surface area contributed by atoms with E-state index in [4.69, 9.17) is 9.47 Å². The Kier molecular flexibility index (Phi) is 7.67. The lowest BCUT2D eigenvalue weighted by Crippen LogP contribution is -2.13. The number of hydrogen-bond donors (Lipinski definition) is 1. The average Bonchev–Trinajstić information content (AvgIpc) is 2.89. The standard InChI is InChI=1S/C31H28N2O3/c1-4-35-30-18-23(16-27(19-32)31(34)33-28-13-9-21(2)22(3)15-28)11-14-29(30)36-20-24-10-12-25-7-5-6-8-26(25)17-24/h5-18H,4,20H2,1-3H3,(H,33,34)/b27-16+. The molecule has 0 aliphatic rings. The van der Waals surface area contributed by atoms with Crippen LogP contribution < -0.4 is 14.8 Å². The molecule has 180 valence electrons. The van der Waals surface area contributed by atoms with Gasteiger partial charge in [0, 0.05) is 5.69 Å². The highest BCUT2D eigenvalue weighted by molar-refractivity contribution is 6.09. The number of nitrogens with zero attached hydrogens (tertiary/aromatic N) is 1. The van der Waals surface area contributed by atoms with Crippen LogP contribution >= 0.6 is 0 Å². The molecule has 0 bridgehead atoms. The summed E-state index contributed by atoms with van der Waals surface area (Å²) in [5.41, 5.74) is 4.57. The van der Waals surface area contributed by atoms with Crippen molar-refractivity contribution in [3.05, 3.63) is 107 Å². The maximum atomic E-state index is 12.7. The van der Waals surface area contributed by atoms with Crippen molar-refractivity contribution in [3.8, 4) is 17.6 Å². The van der Waals surface area contributed by atoms with E-state index in [-0.39, 0.29) is 5.57 Å². The second-order valence-electron chi connectivity index (χ2n) is 8.53. The van der Waals surface area contributed by atoms with Crippen molar-refractivity contribution < 1.29 is 14.3 Å². The summed E-state index contributed by atoms with van der Waals surface area (Å²) in [6.45, 7) is 6.73. The summed E-state index contributed by atoms with van der Waals surface area (Å²) in [7, 11) is 0. The maximum Gasteiger partial charge on any atom is 0.266 e. The van der Waals surface area contributed by atoms with Crippen LogP contribution in [0.2, 0.25) is 0 Å². The highest BCUT2D eigenvalue weighted by atomic mass is 16.5. The molecular formula is C31H28N2O3. The molecule has 0 unspecified atom stereocenters. The topological polar surface area (TPSA) is 71.3 Å². The van der Waals surface area contributed by atoms with Gasteiger partial charge in [0.05, 0.1) is 6.61 Å². The molecule has 0 heterocycles. The Bertz CT molecular complexity index is 1480. The predicted octanol–water partition coefficient (Wildman–Crippen LogP) is 6.98. The first-order valence-corrected chi connectivity index (χ1v) is 11.8. The van der Waals surface area contributed by atoms with Gasteiger partial charge in [-0.3, -0.25) is 4.79 Å². The third kappa shape index (κ3) is 5.92. The summed E-state index contributed by atoms with van der Waals surface area (Å²) < 4.78 is 11.9. The first kappa shape index (κ1) is 24.6. The summed E-state index contributed by atoms with van der Waals surface area (Å²) >= 11 is 0.